The number of ether oxygens (including phenoxy) is 1. The highest BCUT2D eigenvalue weighted by molar-refractivity contribution is 5.76. The normalized spacial score (nSPS) is 19.9. The summed E-state index contributed by atoms with van der Waals surface area (Å²) in [5.74, 6) is 0.154. The number of carbonyl (C=O) groups is 1. The number of nitrogens with zero attached hydrogens (tertiary/aromatic N) is 2. The molecular weight excluding hydrogens is 230 g/mol. The Morgan fingerprint density at radius 3 is 2.22 bits per heavy atom. The molecule has 0 saturated carbocycles. The molecule has 0 radical (unpaired) electrons. The highest BCUT2D eigenvalue weighted by Crippen LogP contribution is 2.16. The van der Waals surface area contributed by atoms with Gasteiger partial charge in [-0.05, 0) is 20.8 Å². The fourth-order valence-corrected chi connectivity index (χ4v) is 2.21. The molecule has 1 aliphatic rings. The number of methoxy groups -OCH3 is 1. The SMILES string of the molecule is COC(CN)CC(=O)N1CCN(C(C)(C)C)CC1. The zero-order valence-electron chi connectivity index (χ0n) is 12.1. The highest BCUT2D eigenvalue weighted by atomic mass is 16.5. The van der Waals surface area contributed by atoms with Gasteiger partial charge in [-0.3, -0.25) is 9.69 Å². The molecule has 1 heterocycles. The Labute approximate surface area is 110 Å². The van der Waals surface area contributed by atoms with Crippen LogP contribution in [0.25, 0.3) is 0 Å². The number of nitrogens with two attached hydrogens (primary N) is 1. The number of amides is 1. The van der Waals surface area contributed by atoms with Crippen LogP contribution in [-0.4, -0.2) is 67.2 Å². The molecule has 0 aromatic heterocycles. The molecule has 1 aliphatic heterocycles. The molecule has 5 heteroatoms. The van der Waals surface area contributed by atoms with Gasteiger partial charge in [-0.15, -0.1) is 0 Å². The van der Waals surface area contributed by atoms with E-state index in [1.54, 1.807) is 7.11 Å². The molecule has 2 N–H and O–H groups in total. The maximum atomic E-state index is 12.1. The van der Waals surface area contributed by atoms with Crippen molar-refractivity contribution in [2.45, 2.75) is 38.8 Å². The molecule has 1 rings (SSSR count). The molecule has 1 amide bonds. The number of hydrogen-bond donors (Lipinski definition) is 1. The average molecular weight is 257 g/mol. The van der Waals surface area contributed by atoms with Crippen LogP contribution in [0.5, 0.6) is 0 Å². The maximum absolute atomic E-state index is 12.1. The van der Waals surface area contributed by atoms with Crippen LogP contribution in [-0.2, 0) is 9.53 Å². The minimum Gasteiger partial charge on any atom is -0.380 e. The van der Waals surface area contributed by atoms with E-state index in [-0.39, 0.29) is 17.6 Å². The Bertz CT molecular complexity index is 264. The van der Waals surface area contributed by atoms with Gasteiger partial charge in [-0.1, -0.05) is 0 Å². The molecule has 0 aliphatic carbocycles. The predicted octanol–water partition coefficient (Wildman–Crippen LogP) is 0.293. The van der Waals surface area contributed by atoms with Crippen LogP contribution in [0.4, 0.5) is 0 Å². The average Bonchev–Trinajstić information content (AvgIpc) is 2.34. The van der Waals surface area contributed by atoms with E-state index in [2.05, 4.69) is 25.7 Å². The molecule has 1 fully saturated rings. The Hall–Kier alpha value is -0.650. The second-order valence-electron chi connectivity index (χ2n) is 5.84. The standard InChI is InChI=1S/C13H27N3O2/c1-13(2,3)16-7-5-15(6-8-16)12(17)9-11(10-14)18-4/h11H,5-10,14H2,1-4H3. The first-order chi connectivity index (χ1) is 8.38. The van der Waals surface area contributed by atoms with Crippen molar-refractivity contribution in [1.82, 2.24) is 9.80 Å². The molecule has 1 atom stereocenters. The summed E-state index contributed by atoms with van der Waals surface area (Å²) in [4.78, 5) is 16.4. The van der Waals surface area contributed by atoms with Crippen LogP contribution >= 0.6 is 0 Å². The van der Waals surface area contributed by atoms with Gasteiger partial charge in [0.1, 0.15) is 0 Å². The van der Waals surface area contributed by atoms with Crippen LogP contribution in [0.2, 0.25) is 0 Å². The molecule has 1 saturated heterocycles. The van der Waals surface area contributed by atoms with Crippen molar-refractivity contribution in [3.63, 3.8) is 0 Å². The second-order valence-corrected chi connectivity index (χ2v) is 5.84. The van der Waals surface area contributed by atoms with Crippen molar-refractivity contribution >= 4 is 5.91 Å². The summed E-state index contributed by atoms with van der Waals surface area (Å²) in [6.07, 6.45) is 0.237. The van der Waals surface area contributed by atoms with Crippen molar-refractivity contribution < 1.29 is 9.53 Å². The molecule has 0 bridgehead atoms. The van der Waals surface area contributed by atoms with E-state index in [9.17, 15) is 4.79 Å². The number of hydrogen-bond acceptors (Lipinski definition) is 4. The Morgan fingerprint density at radius 2 is 1.83 bits per heavy atom. The second kappa shape index (κ2) is 6.50. The fraction of sp³-hybridized carbons (Fsp3) is 0.923. The predicted molar refractivity (Wildman–Crippen MR) is 72.4 cm³/mol. The smallest absolute Gasteiger partial charge is 0.225 e. The summed E-state index contributed by atoms with van der Waals surface area (Å²) in [5.41, 5.74) is 5.72. The van der Waals surface area contributed by atoms with Gasteiger partial charge in [-0.25, -0.2) is 0 Å². The van der Waals surface area contributed by atoms with Crippen LogP contribution in [0.15, 0.2) is 0 Å². The minimum atomic E-state index is -0.154. The van der Waals surface area contributed by atoms with Crippen molar-refractivity contribution in [3.8, 4) is 0 Å². The molecular formula is C13H27N3O2. The summed E-state index contributed by atoms with van der Waals surface area (Å²) < 4.78 is 5.15. The molecule has 106 valence electrons. The molecule has 0 spiro atoms. The van der Waals surface area contributed by atoms with Gasteiger partial charge in [0.15, 0.2) is 0 Å². The van der Waals surface area contributed by atoms with Gasteiger partial charge in [0.25, 0.3) is 0 Å². The van der Waals surface area contributed by atoms with E-state index in [4.69, 9.17) is 10.5 Å². The summed E-state index contributed by atoms with van der Waals surface area (Å²) in [6, 6.07) is 0. The van der Waals surface area contributed by atoms with E-state index in [1.165, 1.54) is 0 Å². The topological polar surface area (TPSA) is 58.8 Å². The lowest BCUT2D eigenvalue weighted by Gasteiger charge is -2.42. The molecule has 1 unspecified atom stereocenters. The van der Waals surface area contributed by atoms with Crippen LogP contribution in [0, 0.1) is 0 Å². The van der Waals surface area contributed by atoms with Gasteiger partial charge < -0.3 is 15.4 Å². The molecule has 0 aromatic rings. The van der Waals surface area contributed by atoms with Gasteiger partial charge in [0.2, 0.25) is 5.91 Å². The van der Waals surface area contributed by atoms with Gasteiger partial charge in [-0.2, -0.15) is 0 Å². The van der Waals surface area contributed by atoms with Crippen LogP contribution in [0.1, 0.15) is 27.2 Å². The van der Waals surface area contributed by atoms with E-state index in [1.807, 2.05) is 4.90 Å². The fourth-order valence-electron chi connectivity index (χ4n) is 2.21. The first-order valence-electron chi connectivity index (χ1n) is 6.64. The quantitative estimate of drug-likeness (QED) is 0.786. The van der Waals surface area contributed by atoms with E-state index in [0.717, 1.165) is 26.2 Å². The van der Waals surface area contributed by atoms with E-state index >= 15 is 0 Å². The lowest BCUT2D eigenvalue weighted by molar-refractivity contribution is -0.136. The number of carbonyl (C=O) groups excluding carboxylic acids is 1. The first kappa shape index (κ1) is 15.4. The lowest BCUT2D eigenvalue weighted by atomic mass is 10.0. The van der Waals surface area contributed by atoms with Crippen molar-refractivity contribution in [3.05, 3.63) is 0 Å². The highest BCUT2D eigenvalue weighted by Gasteiger charge is 2.28. The molecule has 5 nitrogen and oxygen atoms in total. The first-order valence-corrected chi connectivity index (χ1v) is 6.64. The van der Waals surface area contributed by atoms with Crippen molar-refractivity contribution in [2.24, 2.45) is 5.73 Å². The molecule has 18 heavy (non-hydrogen) atoms. The Balaban J connectivity index is 2.41. The van der Waals surface area contributed by atoms with Gasteiger partial charge >= 0.3 is 0 Å². The van der Waals surface area contributed by atoms with Crippen LogP contribution in [0.3, 0.4) is 0 Å². The summed E-state index contributed by atoms with van der Waals surface area (Å²) in [7, 11) is 1.60. The van der Waals surface area contributed by atoms with Crippen molar-refractivity contribution in [1.29, 1.82) is 0 Å². The Morgan fingerprint density at radius 1 is 1.28 bits per heavy atom. The van der Waals surface area contributed by atoms with Gasteiger partial charge in [0.05, 0.1) is 12.5 Å². The van der Waals surface area contributed by atoms with Gasteiger partial charge in [0, 0.05) is 45.4 Å². The molecule has 0 aromatic carbocycles. The lowest BCUT2D eigenvalue weighted by Crippen LogP contribution is -2.55. The Kier molecular flexibility index (Phi) is 5.56. The van der Waals surface area contributed by atoms with Crippen LogP contribution < -0.4 is 5.73 Å². The monoisotopic (exact) mass is 257 g/mol. The zero-order chi connectivity index (χ0) is 13.8. The largest absolute Gasteiger partial charge is 0.380 e. The maximum Gasteiger partial charge on any atom is 0.225 e. The number of piperazine rings is 1. The zero-order valence-corrected chi connectivity index (χ0v) is 12.1. The summed E-state index contributed by atoms with van der Waals surface area (Å²) >= 11 is 0. The van der Waals surface area contributed by atoms with E-state index < -0.39 is 0 Å². The van der Waals surface area contributed by atoms with Crippen molar-refractivity contribution in [2.75, 3.05) is 39.8 Å². The third kappa shape index (κ3) is 4.23. The third-order valence-electron chi connectivity index (χ3n) is 3.58. The summed E-state index contributed by atoms with van der Waals surface area (Å²) in [5, 5.41) is 0. The van der Waals surface area contributed by atoms with E-state index in [0.29, 0.717) is 13.0 Å². The number of rotatable bonds is 4. The minimum absolute atomic E-state index is 0.154. The summed E-state index contributed by atoms with van der Waals surface area (Å²) in [6.45, 7) is 10.5. The third-order valence-corrected chi connectivity index (χ3v) is 3.58.